The van der Waals surface area contributed by atoms with Crippen LogP contribution in [0.15, 0.2) is 0 Å². The smallest absolute Gasteiger partial charge is 0.207 e. The second kappa shape index (κ2) is 8.83. The van der Waals surface area contributed by atoms with E-state index in [2.05, 4.69) is 0 Å². The molecule has 5 heteroatoms. The van der Waals surface area contributed by atoms with Gasteiger partial charge < -0.3 is 0 Å². The van der Waals surface area contributed by atoms with Gasteiger partial charge in [-0.2, -0.15) is 13.2 Å². The predicted molar refractivity (Wildman–Crippen MR) is 73.9 cm³/mol. The summed E-state index contributed by atoms with van der Waals surface area (Å²) in [7, 11) is 0. The Morgan fingerprint density at radius 1 is 0.650 bits per heavy atom. The van der Waals surface area contributed by atoms with Crippen molar-refractivity contribution in [2.24, 2.45) is 23.7 Å². The van der Waals surface area contributed by atoms with Gasteiger partial charge in [-0.05, 0) is 31.6 Å². The van der Waals surface area contributed by atoms with Gasteiger partial charge >= 0.3 is 6.18 Å². The van der Waals surface area contributed by atoms with Crippen molar-refractivity contribution in [3.63, 3.8) is 0 Å². The first-order valence-electron chi connectivity index (χ1n) is 7.12. The van der Waals surface area contributed by atoms with E-state index in [4.69, 9.17) is 0 Å². The minimum absolute atomic E-state index is 0.122. The van der Waals surface area contributed by atoms with Crippen molar-refractivity contribution in [3.05, 3.63) is 0 Å². The molecule has 0 radical (unpaired) electrons. The normalized spacial score (nSPS) is 15.9. The fourth-order valence-electron chi connectivity index (χ4n) is 1.75. The Labute approximate surface area is 120 Å². The molecule has 20 heavy (non-hydrogen) atoms. The number of hydrogen-bond acceptors (Lipinski definition) is 0. The third-order valence-electron chi connectivity index (χ3n) is 3.07. The first kappa shape index (κ1) is 21.9. The summed E-state index contributed by atoms with van der Waals surface area (Å²) in [4.78, 5) is 0. The minimum Gasteiger partial charge on any atom is -0.207 e. The van der Waals surface area contributed by atoms with E-state index in [-0.39, 0.29) is 12.3 Å². The Kier molecular flexibility index (Phi) is 9.69. The van der Waals surface area contributed by atoms with E-state index < -0.39 is 23.9 Å². The summed E-state index contributed by atoms with van der Waals surface area (Å²) in [5.41, 5.74) is 0. The molecular weight excluding hydrogens is 275 g/mol. The Morgan fingerprint density at radius 2 is 0.950 bits per heavy atom. The van der Waals surface area contributed by atoms with Crippen LogP contribution in [-0.2, 0) is 0 Å². The fourth-order valence-corrected chi connectivity index (χ4v) is 1.75. The van der Waals surface area contributed by atoms with Crippen LogP contribution in [0.25, 0.3) is 0 Å². The largest absolute Gasteiger partial charge is 0.391 e. The van der Waals surface area contributed by atoms with Gasteiger partial charge in [-0.1, -0.05) is 41.5 Å². The SMILES string of the molecule is CC(C)C[C@@H](C)C(F)(F)F.CC(C)C[C@H](C)C(C)(F)F. The number of rotatable bonds is 5. The van der Waals surface area contributed by atoms with Gasteiger partial charge in [-0.3, -0.25) is 0 Å². The summed E-state index contributed by atoms with van der Waals surface area (Å²) >= 11 is 0. The second-order valence-corrected chi connectivity index (χ2v) is 6.56. The van der Waals surface area contributed by atoms with Crippen molar-refractivity contribution in [3.8, 4) is 0 Å². The van der Waals surface area contributed by atoms with Crippen molar-refractivity contribution in [2.75, 3.05) is 0 Å². The fraction of sp³-hybridized carbons (Fsp3) is 1.00. The minimum atomic E-state index is -4.01. The highest BCUT2D eigenvalue weighted by atomic mass is 19.4. The molecule has 0 saturated carbocycles. The molecule has 124 valence electrons. The Bertz CT molecular complexity index is 212. The molecule has 0 unspecified atom stereocenters. The maximum absolute atomic E-state index is 12.5. The number of alkyl halides is 5. The van der Waals surface area contributed by atoms with Crippen molar-refractivity contribution in [2.45, 2.75) is 73.4 Å². The molecule has 0 aromatic rings. The molecular formula is C15H29F5. The van der Waals surface area contributed by atoms with Gasteiger partial charge in [-0.15, -0.1) is 0 Å². The van der Waals surface area contributed by atoms with Crippen molar-refractivity contribution in [1.82, 2.24) is 0 Å². The quantitative estimate of drug-likeness (QED) is 0.505. The summed E-state index contributed by atoms with van der Waals surface area (Å²) in [5.74, 6) is -3.68. The predicted octanol–water partition coefficient (Wildman–Crippen LogP) is 6.55. The van der Waals surface area contributed by atoms with Gasteiger partial charge in [0.2, 0.25) is 5.92 Å². The molecule has 0 spiro atoms. The molecule has 2 atom stereocenters. The number of halogens is 5. The van der Waals surface area contributed by atoms with Crippen molar-refractivity contribution < 1.29 is 22.0 Å². The van der Waals surface area contributed by atoms with E-state index in [9.17, 15) is 22.0 Å². The highest BCUT2D eigenvalue weighted by Gasteiger charge is 2.35. The van der Waals surface area contributed by atoms with Crippen molar-refractivity contribution in [1.29, 1.82) is 0 Å². The molecule has 0 aromatic heterocycles. The first-order chi connectivity index (χ1) is 8.67. The van der Waals surface area contributed by atoms with E-state index in [1.54, 1.807) is 20.8 Å². The van der Waals surface area contributed by atoms with Crippen LogP contribution in [0, 0.1) is 23.7 Å². The Morgan fingerprint density at radius 3 is 1.05 bits per heavy atom. The van der Waals surface area contributed by atoms with Gasteiger partial charge in [0, 0.05) is 5.92 Å². The lowest BCUT2D eigenvalue weighted by Crippen LogP contribution is -2.22. The average molecular weight is 304 g/mol. The molecule has 0 amide bonds. The molecule has 0 aromatic carbocycles. The summed E-state index contributed by atoms with van der Waals surface area (Å²) < 4.78 is 60.4. The van der Waals surface area contributed by atoms with Crippen LogP contribution in [0.2, 0.25) is 0 Å². The van der Waals surface area contributed by atoms with Crippen LogP contribution in [0.5, 0.6) is 0 Å². The highest BCUT2D eigenvalue weighted by molar-refractivity contribution is 4.68. The molecule has 0 aliphatic rings. The monoisotopic (exact) mass is 304 g/mol. The molecule has 0 saturated heterocycles. The van der Waals surface area contributed by atoms with Crippen LogP contribution in [-0.4, -0.2) is 12.1 Å². The summed E-state index contributed by atoms with van der Waals surface area (Å²) in [6.45, 7) is 11.3. The van der Waals surface area contributed by atoms with E-state index >= 15 is 0 Å². The van der Waals surface area contributed by atoms with Crippen LogP contribution in [0.3, 0.4) is 0 Å². The number of hydrogen-bond donors (Lipinski definition) is 0. The van der Waals surface area contributed by atoms with E-state index in [1.807, 2.05) is 13.8 Å². The molecule has 0 heterocycles. The Hall–Kier alpha value is -0.350. The molecule has 0 bridgehead atoms. The summed E-state index contributed by atoms with van der Waals surface area (Å²) in [5, 5.41) is 0. The zero-order chi connectivity index (χ0) is 16.7. The first-order valence-corrected chi connectivity index (χ1v) is 7.12. The van der Waals surface area contributed by atoms with Crippen LogP contribution >= 0.6 is 0 Å². The lowest BCUT2D eigenvalue weighted by Gasteiger charge is -2.20. The molecule has 0 N–H and O–H groups in total. The summed E-state index contributed by atoms with van der Waals surface area (Å²) in [6, 6.07) is 0. The van der Waals surface area contributed by atoms with Gasteiger partial charge in [0.25, 0.3) is 0 Å². The molecule has 0 aliphatic carbocycles. The van der Waals surface area contributed by atoms with Gasteiger partial charge in [0.05, 0.1) is 5.92 Å². The topological polar surface area (TPSA) is 0 Å². The van der Waals surface area contributed by atoms with E-state index in [0.29, 0.717) is 12.3 Å². The zero-order valence-corrected chi connectivity index (χ0v) is 13.6. The third-order valence-corrected chi connectivity index (χ3v) is 3.07. The molecule has 0 fully saturated rings. The van der Waals surface area contributed by atoms with Crippen LogP contribution < -0.4 is 0 Å². The van der Waals surface area contributed by atoms with E-state index in [0.717, 1.165) is 6.92 Å². The Balaban J connectivity index is 0. The lowest BCUT2D eigenvalue weighted by molar-refractivity contribution is -0.173. The van der Waals surface area contributed by atoms with Crippen LogP contribution in [0.1, 0.15) is 61.3 Å². The molecule has 0 aliphatic heterocycles. The second-order valence-electron chi connectivity index (χ2n) is 6.56. The van der Waals surface area contributed by atoms with Gasteiger partial charge in [0.1, 0.15) is 0 Å². The average Bonchev–Trinajstić information content (AvgIpc) is 2.13. The van der Waals surface area contributed by atoms with E-state index in [1.165, 1.54) is 6.92 Å². The van der Waals surface area contributed by atoms with Crippen molar-refractivity contribution >= 4 is 0 Å². The lowest BCUT2D eigenvalue weighted by atomic mass is 9.94. The van der Waals surface area contributed by atoms with Gasteiger partial charge in [-0.25, -0.2) is 8.78 Å². The maximum Gasteiger partial charge on any atom is 0.391 e. The zero-order valence-electron chi connectivity index (χ0n) is 13.6. The summed E-state index contributed by atoms with van der Waals surface area (Å²) in [6.07, 6.45) is -3.18. The van der Waals surface area contributed by atoms with Gasteiger partial charge in [0.15, 0.2) is 0 Å². The maximum atomic E-state index is 12.5. The third kappa shape index (κ3) is 12.7. The standard InChI is InChI=1S/C8H16F2.C7H13F3/c1-6(2)5-7(3)8(4,9)10;1-5(2)4-6(3)7(8,9)10/h6-7H,5H2,1-4H3;5-6H,4H2,1-3H3/t7-;6-/m01/s1. The highest BCUT2D eigenvalue weighted by Crippen LogP contribution is 2.30. The molecule has 0 rings (SSSR count). The molecule has 0 nitrogen and oxygen atoms in total. The van der Waals surface area contributed by atoms with Crippen LogP contribution in [0.4, 0.5) is 22.0 Å².